The van der Waals surface area contributed by atoms with Crippen LogP contribution in [0.4, 0.5) is 0 Å². The van der Waals surface area contributed by atoms with E-state index >= 15 is 0 Å². The molecule has 0 aromatic heterocycles. The predicted octanol–water partition coefficient (Wildman–Crippen LogP) is 4.80. The zero-order valence-corrected chi connectivity index (χ0v) is 17.7. The number of carbonyl (C=O) groups is 2. The number of rotatable bonds is 7. The van der Waals surface area contributed by atoms with Gasteiger partial charge in [-0.15, -0.1) is 0 Å². The molecule has 140 valence electrons. The first-order valence-corrected chi connectivity index (χ1v) is 9.72. The second-order valence-electron chi connectivity index (χ2n) is 5.59. The van der Waals surface area contributed by atoms with Gasteiger partial charge in [0.25, 0.3) is 0 Å². The topological polar surface area (TPSA) is 74.2 Å². The molecule has 0 fully saturated rings. The van der Waals surface area contributed by atoms with Crippen molar-refractivity contribution in [3.63, 3.8) is 0 Å². The van der Waals surface area contributed by atoms with Gasteiger partial charge in [0.05, 0.1) is 20.2 Å². The van der Waals surface area contributed by atoms with Gasteiger partial charge in [-0.05, 0) is 64.3 Å². The average Bonchev–Trinajstić information content (AvgIpc) is 2.59. The number of ketones is 1. The number of carbonyl (C=O) groups excluding carboxylic acids is 2. The zero-order chi connectivity index (χ0) is 19.1. The van der Waals surface area contributed by atoms with Crippen molar-refractivity contribution < 1.29 is 23.9 Å². The molecule has 0 spiro atoms. The third-order valence-electron chi connectivity index (χ3n) is 3.44. The van der Waals surface area contributed by atoms with E-state index in [0.717, 1.165) is 0 Å². The molecular formula is C18H19Br2NO5. The van der Waals surface area contributed by atoms with E-state index in [9.17, 15) is 9.59 Å². The lowest BCUT2D eigenvalue weighted by Crippen LogP contribution is -2.13. The number of benzene rings is 1. The molecular weight excluding hydrogens is 470 g/mol. The van der Waals surface area contributed by atoms with Gasteiger partial charge in [0.2, 0.25) is 0 Å². The molecule has 0 heterocycles. The third-order valence-corrected chi connectivity index (χ3v) is 4.85. The normalized spacial score (nSPS) is 14.7. The number of allylic oxidation sites excluding steroid dienone is 2. The van der Waals surface area contributed by atoms with Gasteiger partial charge >= 0.3 is 5.97 Å². The molecule has 0 aliphatic heterocycles. The number of halogens is 2. The summed E-state index contributed by atoms with van der Waals surface area (Å²) in [6.45, 7) is 4.30. The number of hydrogen-bond donors (Lipinski definition) is 0. The number of oxime groups is 1. The van der Waals surface area contributed by atoms with Crippen LogP contribution in [0.1, 0.15) is 43.5 Å². The molecule has 0 radical (unpaired) electrons. The summed E-state index contributed by atoms with van der Waals surface area (Å²) in [4.78, 5) is 28.9. The summed E-state index contributed by atoms with van der Waals surface area (Å²) in [6.07, 6.45) is 3.14. The quantitative estimate of drug-likeness (QED) is 0.313. The Hall–Kier alpha value is -1.67. The number of hydrogen-bond acceptors (Lipinski definition) is 6. The molecule has 8 heteroatoms. The van der Waals surface area contributed by atoms with Gasteiger partial charge in [-0.1, -0.05) is 5.16 Å². The fraction of sp³-hybridized carbons (Fsp3) is 0.389. The lowest BCUT2D eigenvalue weighted by molar-refractivity contribution is -0.115. The maximum atomic E-state index is 12.5. The van der Waals surface area contributed by atoms with E-state index in [1.165, 1.54) is 6.08 Å². The van der Waals surface area contributed by atoms with Crippen LogP contribution in [0.2, 0.25) is 0 Å². The van der Waals surface area contributed by atoms with Crippen LogP contribution in [-0.2, 0) is 14.4 Å². The first kappa shape index (κ1) is 20.6. The van der Waals surface area contributed by atoms with Gasteiger partial charge in [-0.3, -0.25) is 4.79 Å². The second-order valence-corrected chi connectivity index (χ2v) is 7.24. The standard InChI is InChI=1S/C18H19Br2NO5/c1-3-25-21-11(2)10-24-17-15(19)8-7-14(16(17)20)18(23)26-13-6-4-5-12(22)9-13/h7-9H,3-6,10H2,1-2H3. The van der Waals surface area contributed by atoms with Gasteiger partial charge < -0.3 is 14.3 Å². The minimum absolute atomic E-state index is 0.0259. The van der Waals surface area contributed by atoms with Gasteiger partial charge in [0.15, 0.2) is 5.78 Å². The summed E-state index contributed by atoms with van der Waals surface area (Å²) in [5.74, 6) is 0.277. The lowest BCUT2D eigenvalue weighted by atomic mass is 10.1. The van der Waals surface area contributed by atoms with E-state index < -0.39 is 5.97 Å². The fourth-order valence-electron chi connectivity index (χ4n) is 2.22. The molecule has 2 rings (SSSR count). The molecule has 0 bridgehead atoms. The fourth-order valence-corrected chi connectivity index (χ4v) is 3.55. The van der Waals surface area contributed by atoms with Crippen molar-refractivity contribution in [1.29, 1.82) is 0 Å². The number of ether oxygens (including phenoxy) is 2. The van der Waals surface area contributed by atoms with Crippen LogP contribution in [0.5, 0.6) is 5.75 Å². The van der Waals surface area contributed by atoms with E-state index in [1.807, 2.05) is 6.92 Å². The van der Waals surface area contributed by atoms with E-state index in [-0.39, 0.29) is 12.4 Å². The highest BCUT2D eigenvalue weighted by Gasteiger charge is 2.21. The molecule has 26 heavy (non-hydrogen) atoms. The molecule has 0 atom stereocenters. The Morgan fingerprint density at radius 1 is 1.27 bits per heavy atom. The first-order chi connectivity index (χ1) is 12.4. The molecule has 6 nitrogen and oxygen atoms in total. The Morgan fingerprint density at radius 3 is 2.73 bits per heavy atom. The van der Waals surface area contributed by atoms with Crippen LogP contribution < -0.4 is 4.74 Å². The van der Waals surface area contributed by atoms with Crippen LogP contribution in [-0.4, -0.2) is 30.7 Å². The lowest BCUT2D eigenvalue weighted by Gasteiger charge is -2.15. The highest BCUT2D eigenvalue weighted by molar-refractivity contribution is 9.11. The Bertz CT molecular complexity index is 758. The van der Waals surface area contributed by atoms with Gasteiger partial charge in [-0.2, -0.15) is 0 Å². The first-order valence-electron chi connectivity index (χ1n) is 8.14. The minimum atomic E-state index is -0.546. The van der Waals surface area contributed by atoms with Crippen LogP contribution in [0.3, 0.4) is 0 Å². The highest BCUT2D eigenvalue weighted by Crippen LogP contribution is 2.37. The SMILES string of the molecule is CCON=C(C)COc1c(Br)ccc(C(=O)OC2=CC(=O)CCC2)c1Br. The molecule has 0 unspecified atom stereocenters. The molecule has 0 saturated heterocycles. The Balaban J connectivity index is 2.15. The average molecular weight is 489 g/mol. The van der Waals surface area contributed by atoms with Gasteiger partial charge in [0.1, 0.15) is 24.7 Å². The monoisotopic (exact) mass is 487 g/mol. The number of esters is 1. The van der Waals surface area contributed by atoms with Crippen molar-refractivity contribution in [2.45, 2.75) is 33.1 Å². The van der Waals surface area contributed by atoms with Gasteiger partial charge in [0, 0.05) is 18.9 Å². The van der Waals surface area contributed by atoms with Crippen LogP contribution in [0.25, 0.3) is 0 Å². The Labute approximate surface area is 168 Å². The summed E-state index contributed by atoms with van der Waals surface area (Å²) in [6, 6.07) is 3.32. The van der Waals surface area contributed by atoms with E-state index in [1.54, 1.807) is 19.1 Å². The van der Waals surface area contributed by atoms with Crippen LogP contribution >= 0.6 is 31.9 Å². The maximum Gasteiger partial charge on any atom is 0.344 e. The van der Waals surface area contributed by atoms with Crippen LogP contribution in [0.15, 0.2) is 38.1 Å². The summed E-state index contributed by atoms with van der Waals surface area (Å²) in [5.41, 5.74) is 0.964. The van der Waals surface area contributed by atoms with Crippen LogP contribution in [0, 0.1) is 0 Å². The zero-order valence-electron chi connectivity index (χ0n) is 14.5. The number of nitrogens with zero attached hydrogens (tertiary/aromatic N) is 1. The summed E-state index contributed by atoms with van der Waals surface area (Å²) >= 11 is 6.80. The minimum Gasteiger partial charge on any atom is -0.485 e. The summed E-state index contributed by atoms with van der Waals surface area (Å²) in [7, 11) is 0. The Kier molecular flexibility index (Phi) is 7.84. The molecule has 1 aromatic carbocycles. The summed E-state index contributed by atoms with van der Waals surface area (Å²) < 4.78 is 12.2. The molecule has 1 aliphatic rings. The maximum absolute atomic E-state index is 12.5. The second kappa shape index (κ2) is 9.87. The van der Waals surface area contributed by atoms with E-state index in [4.69, 9.17) is 14.3 Å². The highest BCUT2D eigenvalue weighted by atomic mass is 79.9. The third kappa shape index (κ3) is 5.67. The van der Waals surface area contributed by atoms with Crippen molar-refractivity contribution in [3.05, 3.63) is 38.5 Å². The molecule has 0 N–H and O–H groups in total. The van der Waals surface area contributed by atoms with E-state index in [0.29, 0.717) is 57.6 Å². The summed E-state index contributed by atoms with van der Waals surface area (Å²) in [5, 5.41) is 3.89. The largest absolute Gasteiger partial charge is 0.485 e. The smallest absolute Gasteiger partial charge is 0.344 e. The van der Waals surface area contributed by atoms with Crippen molar-refractivity contribution in [1.82, 2.24) is 0 Å². The van der Waals surface area contributed by atoms with Crippen molar-refractivity contribution in [2.75, 3.05) is 13.2 Å². The van der Waals surface area contributed by atoms with Crippen molar-refractivity contribution >= 4 is 49.3 Å². The molecule has 1 aliphatic carbocycles. The molecule has 0 amide bonds. The predicted molar refractivity (Wildman–Crippen MR) is 104 cm³/mol. The van der Waals surface area contributed by atoms with Gasteiger partial charge in [-0.25, -0.2) is 4.79 Å². The van der Waals surface area contributed by atoms with Crippen molar-refractivity contribution in [3.8, 4) is 5.75 Å². The Morgan fingerprint density at radius 2 is 2.04 bits per heavy atom. The van der Waals surface area contributed by atoms with Crippen molar-refractivity contribution in [2.24, 2.45) is 5.16 Å². The molecule has 0 saturated carbocycles. The van der Waals surface area contributed by atoms with E-state index in [2.05, 4.69) is 37.0 Å². The molecule has 1 aromatic rings.